The Kier molecular flexibility index (Phi) is 13.3. The maximum Gasteiger partial charge on any atom is 0.336 e. The Hall–Kier alpha value is -3.34. The average molecular weight is 773 g/mol. The van der Waals surface area contributed by atoms with Crippen molar-refractivity contribution in [3.05, 3.63) is 94.6 Å². The monoisotopic (exact) mass is 772 g/mol. The Balaban J connectivity index is 1.27. The Bertz CT molecular complexity index is 1720. The molecule has 4 fully saturated rings. The van der Waals surface area contributed by atoms with Gasteiger partial charge in [-0.25, -0.2) is 4.79 Å². The van der Waals surface area contributed by atoms with Crippen molar-refractivity contribution in [2.45, 2.75) is 131 Å². The molecule has 306 valence electrons. The molecule has 0 saturated heterocycles. The molecule has 2 N–H and O–H groups in total. The van der Waals surface area contributed by atoms with Crippen molar-refractivity contribution in [3.8, 4) is 0 Å². The van der Waals surface area contributed by atoms with Gasteiger partial charge in [-0.05, 0) is 110 Å². The molecule has 2 aromatic carbocycles. The van der Waals surface area contributed by atoms with Crippen molar-refractivity contribution in [3.63, 3.8) is 0 Å². The third kappa shape index (κ3) is 8.17. The van der Waals surface area contributed by atoms with Crippen LogP contribution >= 0.6 is 0 Å². The number of carbonyl (C=O) groups excluding carboxylic acids is 2. The molecule has 0 bridgehead atoms. The van der Waals surface area contributed by atoms with Gasteiger partial charge in [0.2, 0.25) is 0 Å². The van der Waals surface area contributed by atoms with Crippen LogP contribution < -0.4 is 0 Å². The number of hydrogen-bond acceptors (Lipinski definition) is 9. The van der Waals surface area contributed by atoms with E-state index in [0.29, 0.717) is 38.0 Å². The molecule has 9 nitrogen and oxygen atoms in total. The zero-order valence-electron chi connectivity index (χ0n) is 34.5. The molecule has 0 spiro atoms. The van der Waals surface area contributed by atoms with Gasteiger partial charge in [0.25, 0.3) is 0 Å². The number of aliphatic hydroxyl groups excluding tert-OH is 2. The first-order valence-corrected chi connectivity index (χ1v) is 20.6. The lowest BCUT2D eigenvalue weighted by Gasteiger charge is -2.70. The van der Waals surface area contributed by atoms with Gasteiger partial charge in [0.15, 0.2) is 6.79 Å². The van der Waals surface area contributed by atoms with Gasteiger partial charge in [0, 0.05) is 17.9 Å². The van der Waals surface area contributed by atoms with E-state index in [1.54, 1.807) is 0 Å². The summed E-state index contributed by atoms with van der Waals surface area (Å²) in [6, 6.07) is 19.7. The SMILES string of the molecule is CC(=O)OC1CC2(C)C(CCC3C4(C)CCC(OCOCc5ccccc5)C(C)C4C(O)C(O)C32C)/C1=C(\CCC=C(C)C)C(=O)OCOCc1ccccc1. The van der Waals surface area contributed by atoms with Crippen molar-refractivity contribution in [2.75, 3.05) is 13.6 Å². The molecule has 9 heteroatoms. The zero-order chi connectivity index (χ0) is 40.3. The lowest BCUT2D eigenvalue weighted by atomic mass is 9.35. The molecular weight excluding hydrogens is 709 g/mol. The first-order valence-electron chi connectivity index (χ1n) is 20.6. The van der Waals surface area contributed by atoms with E-state index < -0.39 is 41.1 Å². The van der Waals surface area contributed by atoms with Gasteiger partial charge in [-0.15, -0.1) is 0 Å². The van der Waals surface area contributed by atoms with E-state index in [-0.39, 0.29) is 48.8 Å². The highest BCUT2D eigenvalue weighted by Gasteiger charge is 2.73. The van der Waals surface area contributed by atoms with Gasteiger partial charge in [0.05, 0.1) is 31.5 Å². The van der Waals surface area contributed by atoms with E-state index in [4.69, 9.17) is 23.7 Å². The molecule has 6 rings (SSSR count). The Morgan fingerprint density at radius 1 is 0.857 bits per heavy atom. The number of esters is 2. The molecule has 0 aliphatic heterocycles. The van der Waals surface area contributed by atoms with Crippen LogP contribution in [0, 0.1) is 39.9 Å². The quantitative estimate of drug-likeness (QED) is 0.0641. The molecule has 56 heavy (non-hydrogen) atoms. The molecule has 2 aromatic rings. The number of hydrogen-bond donors (Lipinski definition) is 2. The first kappa shape index (κ1) is 42.3. The summed E-state index contributed by atoms with van der Waals surface area (Å²) in [6.07, 6.45) is 4.01. The summed E-state index contributed by atoms with van der Waals surface area (Å²) in [6.45, 7) is 15.0. The topological polar surface area (TPSA) is 121 Å². The number of allylic oxidation sites excluding steroid dienone is 2. The average Bonchev–Trinajstić information content (AvgIpc) is 3.45. The molecule has 11 unspecified atom stereocenters. The van der Waals surface area contributed by atoms with E-state index in [9.17, 15) is 19.8 Å². The maximum atomic E-state index is 14.1. The molecule has 0 aromatic heterocycles. The van der Waals surface area contributed by atoms with Gasteiger partial charge in [-0.2, -0.15) is 0 Å². The minimum atomic E-state index is -1.04. The summed E-state index contributed by atoms with van der Waals surface area (Å²) in [7, 11) is 0. The van der Waals surface area contributed by atoms with Crippen LogP contribution in [0.3, 0.4) is 0 Å². The second-order valence-electron chi connectivity index (χ2n) is 17.8. The van der Waals surface area contributed by atoms with E-state index in [0.717, 1.165) is 48.0 Å². The molecule has 0 radical (unpaired) electrons. The Morgan fingerprint density at radius 3 is 2.09 bits per heavy atom. The fraction of sp³-hybridized carbons (Fsp3) is 0.617. The number of aliphatic hydroxyl groups is 2. The van der Waals surface area contributed by atoms with Crippen molar-refractivity contribution in [1.82, 2.24) is 0 Å². The van der Waals surface area contributed by atoms with Crippen LogP contribution in [0.5, 0.6) is 0 Å². The largest absolute Gasteiger partial charge is 0.458 e. The summed E-state index contributed by atoms with van der Waals surface area (Å²) >= 11 is 0. The number of rotatable bonds is 14. The van der Waals surface area contributed by atoms with Gasteiger partial charge < -0.3 is 33.9 Å². The van der Waals surface area contributed by atoms with E-state index in [2.05, 4.69) is 33.8 Å². The minimum Gasteiger partial charge on any atom is -0.458 e. The maximum absolute atomic E-state index is 14.1. The summed E-state index contributed by atoms with van der Waals surface area (Å²) < 4.78 is 29.9. The van der Waals surface area contributed by atoms with Crippen LogP contribution in [0.15, 0.2) is 83.5 Å². The number of ether oxygens (including phenoxy) is 5. The van der Waals surface area contributed by atoms with Crippen LogP contribution in [-0.2, 0) is 46.5 Å². The lowest BCUT2D eigenvalue weighted by molar-refractivity contribution is -0.289. The van der Waals surface area contributed by atoms with Crippen LogP contribution in [0.4, 0.5) is 0 Å². The minimum absolute atomic E-state index is 0.0119. The summed E-state index contributed by atoms with van der Waals surface area (Å²) in [5.74, 6) is -1.19. The molecule has 0 heterocycles. The van der Waals surface area contributed by atoms with Gasteiger partial charge in [-0.3, -0.25) is 4.79 Å². The zero-order valence-corrected chi connectivity index (χ0v) is 34.5. The van der Waals surface area contributed by atoms with E-state index >= 15 is 0 Å². The fourth-order valence-corrected chi connectivity index (χ4v) is 11.8. The van der Waals surface area contributed by atoms with Gasteiger partial charge in [-0.1, -0.05) is 100 Å². The normalized spacial score (nSPS) is 35.7. The Labute approximate surface area is 333 Å². The second-order valence-corrected chi connectivity index (χ2v) is 17.8. The molecular formula is C47H64O9. The Morgan fingerprint density at radius 2 is 1.48 bits per heavy atom. The van der Waals surface area contributed by atoms with Crippen molar-refractivity contribution in [1.29, 1.82) is 0 Å². The van der Waals surface area contributed by atoms with Crippen molar-refractivity contribution >= 4 is 11.9 Å². The highest BCUT2D eigenvalue weighted by molar-refractivity contribution is 5.90. The van der Waals surface area contributed by atoms with E-state index in [1.807, 2.05) is 74.5 Å². The van der Waals surface area contributed by atoms with Crippen LogP contribution in [0.25, 0.3) is 0 Å². The highest BCUT2D eigenvalue weighted by atomic mass is 16.7. The van der Waals surface area contributed by atoms with Gasteiger partial charge >= 0.3 is 11.9 Å². The highest BCUT2D eigenvalue weighted by Crippen LogP contribution is 2.74. The fourth-order valence-electron chi connectivity index (χ4n) is 11.8. The molecule has 4 saturated carbocycles. The van der Waals surface area contributed by atoms with Crippen molar-refractivity contribution in [2.24, 2.45) is 39.9 Å². The summed E-state index contributed by atoms with van der Waals surface area (Å²) in [5.41, 5.74) is 2.89. The number of carbonyl (C=O) groups is 2. The predicted molar refractivity (Wildman–Crippen MR) is 213 cm³/mol. The third-order valence-corrected chi connectivity index (χ3v) is 14.5. The molecule has 11 atom stereocenters. The third-order valence-electron chi connectivity index (χ3n) is 14.5. The standard InChI is InChI=1S/C47H64O9/c1-30(2)15-14-20-35(44(51)55-29-53-27-34-18-12-9-13-19-34)40-36-21-22-39-45(5)24-23-37(54-28-52-26-33-16-10-8-11-17-33)31(3)41(45)42(49)43(50)47(39,7)46(36,6)25-38(40)56-32(4)48/h8-13,15-19,31,36-39,41-43,49-50H,14,20-29H2,1-7H3/b40-35-. The number of fused-ring (bicyclic) bond motifs is 5. The second kappa shape index (κ2) is 17.7. The molecule has 0 amide bonds. The van der Waals surface area contributed by atoms with E-state index in [1.165, 1.54) is 6.92 Å². The first-order chi connectivity index (χ1) is 26.7. The van der Waals surface area contributed by atoms with Crippen LogP contribution in [0.1, 0.15) is 105 Å². The van der Waals surface area contributed by atoms with Crippen molar-refractivity contribution < 1.29 is 43.5 Å². The summed E-state index contributed by atoms with van der Waals surface area (Å²) in [4.78, 5) is 26.9. The molecule has 4 aliphatic rings. The summed E-state index contributed by atoms with van der Waals surface area (Å²) in [5, 5.41) is 24.8. The van der Waals surface area contributed by atoms with Gasteiger partial charge in [0.1, 0.15) is 12.9 Å². The number of benzene rings is 2. The predicted octanol–water partition coefficient (Wildman–Crippen LogP) is 8.47. The molecule has 4 aliphatic carbocycles. The smallest absolute Gasteiger partial charge is 0.336 e. The van der Waals surface area contributed by atoms with Crippen LogP contribution in [0.2, 0.25) is 0 Å². The lowest BCUT2D eigenvalue weighted by Crippen LogP contribution is -2.71. The van der Waals surface area contributed by atoms with Crippen LogP contribution in [-0.4, -0.2) is 60.2 Å².